The molecule has 2 bridgehead atoms. The third-order valence-corrected chi connectivity index (χ3v) is 7.79. The Morgan fingerprint density at radius 2 is 1.55 bits per heavy atom. The third kappa shape index (κ3) is 3.16. The van der Waals surface area contributed by atoms with Crippen LogP contribution in [0.25, 0.3) is 0 Å². The Labute approximate surface area is 191 Å². The smallest absolute Gasteiger partial charge is 0.335 e. The van der Waals surface area contributed by atoms with Crippen LogP contribution in [0.4, 0.5) is 0 Å². The van der Waals surface area contributed by atoms with Crippen LogP contribution in [-0.2, 0) is 20.8 Å². The van der Waals surface area contributed by atoms with E-state index in [1.807, 2.05) is 30.3 Å². The highest BCUT2D eigenvalue weighted by Crippen LogP contribution is 2.65. The van der Waals surface area contributed by atoms with Crippen molar-refractivity contribution in [1.82, 2.24) is 4.90 Å². The molecular weight excluding hydrogens is 418 g/mol. The fraction of sp³-hybridized carbons (Fsp3) is 0.333. The minimum absolute atomic E-state index is 0.0933. The van der Waals surface area contributed by atoms with Crippen LogP contribution in [0.5, 0.6) is 5.75 Å². The molecule has 2 amide bonds. The summed E-state index contributed by atoms with van der Waals surface area (Å²) in [5, 5.41) is 0. The summed E-state index contributed by atoms with van der Waals surface area (Å²) in [5.74, 6) is -0.433. The highest BCUT2D eigenvalue weighted by Gasteiger charge is 2.68. The van der Waals surface area contributed by atoms with Crippen molar-refractivity contribution in [3.63, 3.8) is 0 Å². The summed E-state index contributed by atoms with van der Waals surface area (Å²) in [7, 11) is 0. The number of aldehydes is 1. The summed E-state index contributed by atoms with van der Waals surface area (Å²) in [4.78, 5) is 52.7. The Morgan fingerprint density at radius 1 is 0.939 bits per heavy atom. The second-order valence-electron chi connectivity index (χ2n) is 9.51. The highest BCUT2D eigenvalue weighted by molar-refractivity contribution is 6.09. The Balaban J connectivity index is 1.32. The zero-order valence-electron chi connectivity index (χ0n) is 17.9. The Morgan fingerprint density at radius 3 is 2.12 bits per heavy atom. The molecule has 0 aromatic heterocycles. The molecule has 5 aliphatic rings. The molecule has 6 heteroatoms. The number of amides is 2. The first kappa shape index (κ1) is 20.1. The van der Waals surface area contributed by atoms with Crippen molar-refractivity contribution in [3.8, 4) is 5.75 Å². The predicted octanol–water partition coefficient (Wildman–Crippen LogP) is 3.07. The maximum atomic E-state index is 13.6. The average molecular weight is 441 g/mol. The van der Waals surface area contributed by atoms with Crippen LogP contribution >= 0.6 is 0 Å². The molecule has 3 fully saturated rings. The summed E-state index contributed by atoms with van der Waals surface area (Å²) in [6.45, 7) is 0. The summed E-state index contributed by atoms with van der Waals surface area (Å²) < 4.78 is 5.59. The maximum Gasteiger partial charge on any atom is 0.335 e. The van der Waals surface area contributed by atoms with Gasteiger partial charge in [-0.25, -0.2) is 4.79 Å². The largest absolute Gasteiger partial charge is 0.425 e. The molecule has 6 nitrogen and oxygen atoms in total. The van der Waals surface area contributed by atoms with Gasteiger partial charge in [0.25, 0.3) is 0 Å². The second-order valence-corrected chi connectivity index (χ2v) is 9.51. The molecule has 0 spiro atoms. The number of benzene rings is 2. The molecule has 1 saturated heterocycles. The number of esters is 1. The van der Waals surface area contributed by atoms with E-state index < -0.39 is 12.0 Å². The number of carbonyl (C=O) groups is 4. The molecule has 1 aliphatic heterocycles. The lowest BCUT2D eigenvalue weighted by molar-refractivity contribution is -0.153. The Bertz CT molecular complexity index is 1130. The van der Waals surface area contributed by atoms with Crippen molar-refractivity contribution in [1.29, 1.82) is 0 Å². The van der Waals surface area contributed by atoms with Crippen LogP contribution in [0, 0.1) is 35.5 Å². The lowest BCUT2D eigenvalue weighted by Crippen LogP contribution is -2.48. The lowest BCUT2D eigenvalue weighted by Gasteiger charge is -2.37. The van der Waals surface area contributed by atoms with E-state index in [0.29, 0.717) is 23.7 Å². The molecule has 4 aliphatic carbocycles. The van der Waals surface area contributed by atoms with Crippen molar-refractivity contribution >= 4 is 24.1 Å². The van der Waals surface area contributed by atoms with Gasteiger partial charge >= 0.3 is 5.97 Å². The zero-order chi connectivity index (χ0) is 22.7. The van der Waals surface area contributed by atoms with Crippen LogP contribution in [0.15, 0.2) is 66.7 Å². The molecule has 33 heavy (non-hydrogen) atoms. The fourth-order valence-corrected chi connectivity index (χ4v) is 6.20. The van der Waals surface area contributed by atoms with Gasteiger partial charge in [0.1, 0.15) is 18.1 Å². The monoisotopic (exact) mass is 441 g/mol. The molecule has 2 saturated carbocycles. The van der Waals surface area contributed by atoms with Gasteiger partial charge in [0.2, 0.25) is 11.8 Å². The van der Waals surface area contributed by atoms with Gasteiger partial charge in [-0.3, -0.25) is 19.3 Å². The minimum Gasteiger partial charge on any atom is -0.425 e. The molecular formula is C27H23NO5. The van der Waals surface area contributed by atoms with E-state index >= 15 is 0 Å². The molecule has 2 aromatic carbocycles. The molecule has 166 valence electrons. The number of hydrogen-bond donors (Lipinski definition) is 0. The van der Waals surface area contributed by atoms with Gasteiger partial charge in [0, 0.05) is 12.0 Å². The fourth-order valence-electron chi connectivity index (χ4n) is 6.20. The van der Waals surface area contributed by atoms with Crippen molar-refractivity contribution in [2.24, 2.45) is 35.5 Å². The number of nitrogens with zero attached hydrogens (tertiary/aromatic N) is 1. The summed E-state index contributed by atoms with van der Waals surface area (Å²) in [6.07, 6.45) is 6.22. The predicted molar refractivity (Wildman–Crippen MR) is 118 cm³/mol. The van der Waals surface area contributed by atoms with Crippen molar-refractivity contribution in [2.45, 2.75) is 18.9 Å². The molecule has 0 N–H and O–H groups in total. The van der Waals surface area contributed by atoms with Gasteiger partial charge in [-0.05, 0) is 59.9 Å². The number of imide groups is 1. The van der Waals surface area contributed by atoms with E-state index in [1.54, 1.807) is 12.1 Å². The van der Waals surface area contributed by atoms with Crippen LogP contribution in [0.3, 0.4) is 0 Å². The van der Waals surface area contributed by atoms with E-state index in [1.165, 1.54) is 17.0 Å². The van der Waals surface area contributed by atoms with Crippen molar-refractivity contribution in [3.05, 3.63) is 77.9 Å². The maximum absolute atomic E-state index is 13.6. The van der Waals surface area contributed by atoms with Gasteiger partial charge < -0.3 is 4.74 Å². The normalized spacial score (nSPS) is 31.7. The SMILES string of the molecule is O=Cc1ccc(OC(=O)C(Cc2ccccc2)N2C(=O)C3C4C=CC(C5CC45)C3C2=O)cc1. The summed E-state index contributed by atoms with van der Waals surface area (Å²) in [6, 6.07) is 14.5. The van der Waals surface area contributed by atoms with Crippen LogP contribution in [-0.4, -0.2) is 35.0 Å². The number of hydrogen-bond acceptors (Lipinski definition) is 5. The first-order valence-electron chi connectivity index (χ1n) is 11.4. The third-order valence-electron chi connectivity index (χ3n) is 7.79. The molecule has 1 heterocycles. The van der Waals surface area contributed by atoms with Gasteiger partial charge in [-0.15, -0.1) is 0 Å². The summed E-state index contributed by atoms with van der Waals surface area (Å²) >= 11 is 0. The topological polar surface area (TPSA) is 80.8 Å². The lowest BCUT2D eigenvalue weighted by atomic mass is 9.63. The average Bonchev–Trinajstić information content (AvgIpc) is 3.62. The van der Waals surface area contributed by atoms with Crippen LogP contribution < -0.4 is 4.74 Å². The first-order chi connectivity index (χ1) is 16.1. The first-order valence-corrected chi connectivity index (χ1v) is 11.4. The van der Waals surface area contributed by atoms with Crippen LogP contribution in [0.1, 0.15) is 22.3 Å². The molecule has 7 rings (SSSR count). The standard InChI is InChI=1S/C27H23NO5/c29-14-16-6-8-17(9-7-16)33-27(32)22(12-15-4-2-1-3-5-15)28-25(30)23-18-10-11-19(21-13-20(18)21)24(23)26(28)31/h1-11,14,18-24H,12-13H2. The van der Waals surface area contributed by atoms with Crippen molar-refractivity contribution in [2.75, 3.05) is 0 Å². The Hall–Kier alpha value is -3.54. The zero-order valence-corrected chi connectivity index (χ0v) is 17.9. The van der Waals surface area contributed by atoms with Gasteiger partial charge in [0.15, 0.2) is 0 Å². The molecule has 7 atom stereocenters. The van der Waals surface area contributed by atoms with Gasteiger partial charge in [-0.2, -0.15) is 0 Å². The molecule has 0 radical (unpaired) electrons. The number of allylic oxidation sites excluding steroid dienone is 2. The quantitative estimate of drug-likeness (QED) is 0.226. The Kier molecular flexibility index (Phi) is 4.57. The van der Waals surface area contributed by atoms with E-state index in [9.17, 15) is 19.2 Å². The number of carbonyl (C=O) groups excluding carboxylic acids is 4. The van der Waals surface area contributed by atoms with Crippen LogP contribution in [0.2, 0.25) is 0 Å². The van der Waals surface area contributed by atoms with E-state index in [2.05, 4.69) is 12.2 Å². The summed E-state index contributed by atoms with van der Waals surface area (Å²) in [5.41, 5.74) is 1.31. The van der Waals surface area contributed by atoms with Gasteiger partial charge in [0.05, 0.1) is 11.8 Å². The van der Waals surface area contributed by atoms with Gasteiger partial charge in [-0.1, -0.05) is 42.5 Å². The van der Waals surface area contributed by atoms with Crippen molar-refractivity contribution < 1.29 is 23.9 Å². The number of likely N-dealkylation sites (tertiary alicyclic amines) is 1. The molecule has 2 aromatic rings. The second kappa shape index (κ2) is 7.51. The van der Waals surface area contributed by atoms with E-state index in [0.717, 1.165) is 12.0 Å². The van der Waals surface area contributed by atoms with E-state index in [-0.39, 0.29) is 47.7 Å². The van der Waals surface area contributed by atoms with E-state index in [4.69, 9.17) is 4.74 Å². The number of rotatable bonds is 6. The highest BCUT2D eigenvalue weighted by atomic mass is 16.5. The minimum atomic E-state index is -1.04. The number of ether oxygens (including phenoxy) is 1. The molecule has 7 unspecified atom stereocenters.